The molecule has 22 heavy (non-hydrogen) atoms. The predicted octanol–water partition coefficient (Wildman–Crippen LogP) is 2.18. The summed E-state index contributed by atoms with van der Waals surface area (Å²) in [5.41, 5.74) is 1.09. The highest BCUT2D eigenvalue weighted by atomic mass is 16.5. The van der Waals surface area contributed by atoms with E-state index in [-0.39, 0.29) is 12.2 Å². The molecule has 1 aromatic rings. The van der Waals surface area contributed by atoms with Crippen molar-refractivity contribution in [2.45, 2.75) is 26.2 Å². The van der Waals surface area contributed by atoms with Crippen molar-refractivity contribution >= 4 is 17.7 Å². The summed E-state index contributed by atoms with van der Waals surface area (Å²) in [6.07, 6.45) is 1.34. The molecule has 1 atom stereocenters. The number of ketones is 1. The smallest absolute Gasteiger partial charge is 0.320 e. The van der Waals surface area contributed by atoms with Crippen LogP contribution < -0.4 is 0 Å². The van der Waals surface area contributed by atoms with Gasteiger partial charge in [-0.25, -0.2) is 0 Å². The van der Waals surface area contributed by atoms with Crippen LogP contribution in [0.15, 0.2) is 30.3 Å². The highest BCUT2D eigenvalue weighted by Gasteiger charge is 2.37. The first-order valence-electron chi connectivity index (χ1n) is 7.18. The van der Waals surface area contributed by atoms with E-state index in [4.69, 9.17) is 9.47 Å². The Bertz CT molecular complexity index is 493. The summed E-state index contributed by atoms with van der Waals surface area (Å²) < 4.78 is 9.40. The van der Waals surface area contributed by atoms with Crippen molar-refractivity contribution in [1.29, 1.82) is 0 Å². The Morgan fingerprint density at radius 3 is 2.00 bits per heavy atom. The summed E-state index contributed by atoms with van der Waals surface area (Å²) in [6, 6.07) is 9.70. The Kier molecular flexibility index (Phi) is 7.29. The fourth-order valence-corrected chi connectivity index (χ4v) is 2.49. The van der Waals surface area contributed by atoms with Gasteiger partial charge < -0.3 is 14.3 Å². The van der Waals surface area contributed by atoms with Gasteiger partial charge in [-0.1, -0.05) is 30.3 Å². The van der Waals surface area contributed by atoms with Crippen LogP contribution in [0.2, 0.25) is 0 Å². The van der Waals surface area contributed by atoms with Gasteiger partial charge in [0.05, 0.1) is 14.2 Å². The molecule has 0 amide bonds. The predicted molar refractivity (Wildman–Crippen MR) is 81.1 cm³/mol. The quantitative estimate of drug-likeness (QED) is 0.544. The first-order valence-corrected chi connectivity index (χ1v) is 7.18. The minimum Gasteiger partial charge on any atom is -0.468 e. The van der Waals surface area contributed by atoms with Crippen molar-refractivity contribution in [3.8, 4) is 0 Å². The third-order valence-electron chi connectivity index (χ3n) is 3.58. The van der Waals surface area contributed by atoms with E-state index in [0.29, 0.717) is 12.8 Å². The molecule has 0 saturated carbocycles. The molecule has 0 saturated heterocycles. The average molecular weight is 306 g/mol. The summed E-state index contributed by atoms with van der Waals surface area (Å²) in [6.45, 7) is 1.45. The lowest BCUT2D eigenvalue weighted by Gasteiger charge is -2.22. The number of rotatable bonds is 8. The SMILES string of the molecule is COC(=O)C(C(=O)OC)[C@@H](CCc1ccccc1)CC(C)=O. The second-order valence-corrected chi connectivity index (χ2v) is 5.21. The van der Waals surface area contributed by atoms with Gasteiger partial charge in [0.1, 0.15) is 5.78 Å². The second kappa shape index (κ2) is 8.97. The fraction of sp³-hybridized carbons (Fsp3) is 0.471. The summed E-state index contributed by atoms with van der Waals surface area (Å²) in [4.78, 5) is 35.3. The van der Waals surface area contributed by atoms with Gasteiger partial charge in [-0.3, -0.25) is 9.59 Å². The van der Waals surface area contributed by atoms with E-state index in [9.17, 15) is 14.4 Å². The largest absolute Gasteiger partial charge is 0.468 e. The minimum absolute atomic E-state index is 0.0733. The zero-order chi connectivity index (χ0) is 16.5. The van der Waals surface area contributed by atoms with Gasteiger partial charge >= 0.3 is 11.9 Å². The standard InChI is InChI=1S/C17H22O5/c1-12(18)11-14(10-9-13-7-5-4-6-8-13)15(16(19)21-2)17(20)22-3/h4-8,14-15H,9-11H2,1-3H3/t14-/m0/s1. The normalized spacial score (nSPS) is 11.8. The van der Waals surface area contributed by atoms with Gasteiger partial charge in [0, 0.05) is 6.42 Å². The lowest BCUT2D eigenvalue weighted by Crippen LogP contribution is -2.34. The molecule has 1 aromatic carbocycles. The van der Waals surface area contributed by atoms with Crippen molar-refractivity contribution in [3.63, 3.8) is 0 Å². The van der Waals surface area contributed by atoms with Crippen molar-refractivity contribution < 1.29 is 23.9 Å². The van der Waals surface area contributed by atoms with Gasteiger partial charge in [-0.15, -0.1) is 0 Å². The molecule has 0 spiro atoms. The van der Waals surface area contributed by atoms with Crippen LogP contribution in [-0.4, -0.2) is 31.9 Å². The van der Waals surface area contributed by atoms with E-state index in [1.165, 1.54) is 21.1 Å². The van der Waals surface area contributed by atoms with Crippen LogP contribution in [0.4, 0.5) is 0 Å². The molecular weight excluding hydrogens is 284 g/mol. The van der Waals surface area contributed by atoms with E-state index >= 15 is 0 Å². The summed E-state index contributed by atoms with van der Waals surface area (Å²) >= 11 is 0. The van der Waals surface area contributed by atoms with Crippen LogP contribution in [0.3, 0.4) is 0 Å². The van der Waals surface area contributed by atoms with Crippen molar-refractivity contribution in [3.05, 3.63) is 35.9 Å². The number of carbonyl (C=O) groups excluding carboxylic acids is 3. The fourth-order valence-electron chi connectivity index (χ4n) is 2.49. The molecule has 0 N–H and O–H groups in total. The van der Waals surface area contributed by atoms with Crippen LogP contribution in [-0.2, 0) is 30.3 Å². The molecular formula is C17H22O5. The van der Waals surface area contributed by atoms with Crippen molar-refractivity contribution in [1.82, 2.24) is 0 Å². The minimum atomic E-state index is -1.07. The molecule has 0 aromatic heterocycles. The van der Waals surface area contributed by atoms with Crippen molar-refractivity contribution in [2.75, 3.05) is 14.2 Å². The van der Waals surface area contributed by atoms with Crippen LogP contribution in [0, 0.1) is 11.8 Å². The maximum absolute atomic E-state index is 11.9. The number of aryl methyl sites for hydroxylation is 1. The number of hydrogen-bond donors (Lipinski definition) is 0. The maximum atomic E-state index is 11.9. The lowest BCUT2D eigenvalue weighted by molar-refractivity contribution is -0.161. The van der Waals surface area contributed by atoms with E-state index in [1.54, 1.807) is 0 Å². The molecule has 120 valence electrons. The van der Waals surface area contributed by atoms with Crippen LogP contribution in [0.1, 0.15) is 25.3 Å². The number of esters is 2. The van der Waals surface area contributed by atoms with Gasteiger partial charge in [0.25, 0.3) is 0 Å². The Hall–Kier alpha value is -2.17. The number of carbonyl (C=O) groups is 3. The van der Waals surface area contributed by atoms with Gasteiger partial charge in [-0.05, 0) is 31.2 Å². The van der Waals surface area contributed by atoms with E-state index in [0.717, 1.165) is 5.56 Å². The monoisotopic (exact) mass is 306 g/mol. The first-order chi connectivity index (χ1) is 10.5. The first kappa shape index (κ1) is 17.9. The highest BCUT2D eigenvalue weighted by molar-refractivity contribution is 5.95. The average Bonchev–Trinajstić information content (AvgIpc) is 2.52. The molecule has 0 aliphatic carbocycles. The number of benzene rings is 1. The number of hydrogen-bond acceptors (Lipinski definition) is 5. The van der Waals surface area contributed by atoms with Crippen LogP contribution in [0.5, 0.6) is 0 Å². The molecule has 0 aliphatic heterocycles. The molecule has 5 nitrogen and oxygen atoms in total. The lowest BCUT2D eigenvalue weighted by atomic mass is 9.83. The Morgan fingerprint density at radius 2 is 1.55 bits per heavy atom. The zero-order valence-corrected chi connectivity index (χ0v) is 13.2. The number of Topliss-reactive ketones (excluding diaryl/α,β-unsaturated/α-hetero) is 1. The third-order valence-corrected chi connectivity index (χ3v) is 3.58. The Morgan fingerprint density at radius 1 is 1.00 bits per heavy atom. The summed E-state index contributed by atoms with van der Waals surface area (Å²) in [7, 11) is 2.45. The highest BCUT2D eigenvalue weighted by Crippen LogP contribution is 2.25. The number of methoxy groups -OCH3 is 2. The van der Waals surface area contributed by atoms with E-state index < -0.39 is 23.8 Å². The molecule has 5 heteroatoms. The van der Waals surface area contributed by atoms with E-state index in [2.05, 4.69) is 0 Å². The van der Waals surface area contributed by atoms with Crippen LogP contribution >= 0.6 is 0 Å². The Balaban J connectivity index is 2.90. The molecule has 0 unspecified atom stereocenters. The van der Waals surface area contributed by atoms with E-state index in [1.807, 2.05) is 30.3 Å². The molecule has 0 bridgehead atoms. The van der Waals surface area contributed by atoms with Crippen molar-refractivity contribution in [2.24, 2.45) is 11.8 Å². The Labute approximate surface area is 130 Å². The molecule has 1 rings (SSSR count). The zero-order valence-electron chi connectivity index (χ0n) is 13.2. The summed E-state index contributed by atoms with van der Waals surface area (Å²) in [5.74, 6) is -2.89. The van der Waals surface area contributed by atoms with Gasteiger partial charge in [0.15, 0.2) is 5.92 Å². The summed E-state index contributed by atoms with van der Waals surface area (Å²) in [5, 5.41) is 0. The maximum Gasteiger partial charge on any atom is 0.320 e. The second-order valence-electron chi connectivity index (χ2n) is 5.21. The molecule has 0 radical (unpaired) electrons. The molecule has 0 heterocycles. The van der Waals surface area contributed by atoms with Gasteiger partial charge in [-0.2, -0.15) is 0 Å². The van der Waals surface area contributed by atoms with Gasteiger partial charge in [0.2, 0.25) is 0 Å². The van der Waals surface area contributed by atoms with Crippen LogP contribution in [0.25, 0.3) is 0 Å². The number of ether oxygens (including phenoxy) is 2. The molecule has 0 fully saturated rings. The third kappa shape index (κ3) is 5.31. The topological polar surface area (TPSA) is 69.7 Å². The molecule has 0 aliphatic rings.